The van der Waals surface area contributed by atoms with Gasteiger partial charge in [-0.1, -0.05) is 24.3 Å². The van der Waals surface area contributed by atoms with Crippen molar-refractivity contribution in [3.63, 3.8) is 0 Å². The molecule has 1 atom stereocenters. The molecular weight excluding hydrogens is 343 g/mol. The van der Waals surface area contributed by atoms with Gasteiger partial charge in [0.15, 0.2) is 0 Å². The molecule has 2 aliphatic rings. The number of hydrogen-bond acceptors (Lipinski definition) is 2. The maximum Gasteiger partial charge on any atom is 0.226 e. The van der Waals surface area contributed by atoms with Gasteiger partial charge in [-0.05, 0) is 62.1 Å². The van der Waals surface area contributed by atoms with Crippen molar-refractivity contribution in [2.24, 2.45) is 11.8 Å². The standard InChI is InChI=1S/C22H29FN2O2/c23-20-9-6-18(7-10-20)16-24-21(26)11-8-17-12-14-25(15-13-17)22(27)19-4-2-1-3-5-19/h1-2,6-7,9-10,17,19H,3-5,8,11-16H2,(H,24,26)/t19-/m0/s1. The Kier molecular flexibility index (Phi) is 7.02. The lowest BCUT2D eigenvalue weighted by molar-refractivity contribution is -0.137. The molecule has 4 nitrogen and oxygen atoms in total. The van der Waals surface area contributed by atoms with Gasteiger partial charge in [-0.2, -0.15) is 0 Å². The first-order valence-electron chi connectivity index (χ1n) is 10.1. The molecule has 0 radical (unpaired) electrons. The van der Waals surface area contributed by atoms with Crippen molar-refractivity contribution in [3.8, 4) is 0 Å². The molecular formula is C22H29FN2O2. The lowest BCUT2D eigenvalue weighted by Crippen LogP contribution is -2.42. The molecule has 3 rings (SSSR count). The highest BCUT2D eigenvalue weighted by Gasteiger charge is 2.28. The molecule has 2 amide bonds. The first-order valence-corrected chi connectivity index (χ1v) is 10.1. The number of hydrogen-bond donors (Lipinski definition) is 1. The van der Waals surface area contributed by atoms with Gasteiger partial charge in [-0.3, -0.25) is 9.59 Å². The van der Waals surface area contributed by atoms with Crippen molar-refractivity contribution >= 4 is 11.8 Å². The molecule has 0 spiro atoms. The van der Waals surface area contributed by atoms with Crippen LogP contribution in [0.25, 0.3) is 0 Å². The first-order chi connectivity index (χ1) is 13.1. The maximum absolute atomic E-state index is 12.9. The number of nitrogens with zero attached hydrogens (tertiary/aromatic N) is 1. The molecule has 0 unspecified atom stereocenters. The zero-order chi connectivity index (χ0) is 19.1. The molecule has 0 bridgehead atoms. The second-order valence-electron chi connectivity index (χ2n) is 7.69. The fourth-order valence-corrected chi connectivity index (χ4v) is 3.94. The zero-order valence-electron chi connectivity index (χ0n) is 15.8. The SMILES string of the molecule is O=C(CCC1CCN(C(=O)[C@H]2CC=CCC2)CC1)NCc1ccc(F)cc1. The number of carbonyl (C=O) groups excluding carboxylic acids is 2. The van der Waals surface area contributed by atoms with Gasteiger partial charge in [0.1, 0.15) is 5.82 Å². The van der Waals surface area contributed by atoms with Crippen molar-refractivity contribution in [2.75, 3.05) is 13.1 Å². The summed E-state index contributed by atoms with van der Waals surface area (Å²) in [5.41, 5.74) is 0.897. The molecule has 27 heavy (non-hydrogen) atoms. The third-order valence-corrected chi connectivity index (χ3v) is 5.73. The highest BCUT2D eigenvalue weighted by Crippen LogP contribution is 2.26. The van der Waals surface area contributed by atoms with E-state index in [-0.39, 0.29) is 17.6 Å². The summed E-state index contributed by atoms with van der Waals surface area (Å²) in [5, 5.41) is 2.90. The molecule has 146 valence electrons. The fourth-order valence-electron chi connectivity index (χ4n) is 3.94. The Bertz CT molecular complexity index is 663. The van der Waals surface area contributed by atoms with E-state index in [0.29, 0.717) is 24.8 Å². The Morgan fingerprint density at radius 2 is 1.81 bits per heavy atom. The summed E-state index contributed by atoms with van der Waals surface area (Å²) in [5.74, 6) is 0.761. The summed E-state index contributed by atoms with van der Waals surface area (Å²) in [6.07, 6.45) is 10.5. The van der Waals surface area contributed by atoms with Crippen molar-refractivity contribution in [1.82, 2.24) is 10.2 Å². The van der Waals surface area contributed by atoms with Crippen LogP contribution in [0.1, 0.15) is 50.5 Å². The van der Waals surface area contributed by atoms with Crippen LogP contribution in [0.15, 0.2) is 36.4 Å². The van der Waals surface area contributed by atoms with Gasteiger partial charge in [0.2, 0.25) is 11.8 Å². The number of rotatable bonds is 6. The van der Waals surface area contributed by atoms with Crippen molar-refractivity contribution in [3.05, 3.63) is 47.8 Å². The number of amides is 2. The van der Waals surface area contributed by atoms with Gasteiger partial charge < -0.3 is 10.2 Å². The monoisotopic (exact) mass is 372 g/mol. The number of carbonyl (C=O) groups is 2. The van der Waals surface area contributed by atoms with Crippen LogP contribution in [0.3, 0.4) is 0 Å². The van der Waals surface area contributed by atoms with Crippen LogP contribution >= 0.6 is 0 Å². The Hall–Kier alpha value is -2.17. The summed E-state index contributed by atoms with van der Waals surface area (Å²) in [7, 11) is 0. The van der Waals surface area contributed by atoms with Crippen LogP contribution in [-0.2, 0) is 16.1 Å². The summed E-state index contributed by atoms with van der Waals surface area (Å²) in [6, 6.07) is 6.18. The Morgan fingerprint density at radius 3 is 2.48 bits per heavy atom. The number of nitrogens with one attached hydrogen (secondary N) is 1. The molecule has 1 heterocycles. The van der Waals surface area contributed by atoms with Gasteiger partial charge in [-0.15, -0.1) is 0 Å². The van der Waals surface area contributed by atoms with Gasteiger partial charge in [0.25, 0.3) is 0 Å². The Morgan fingerprint density at radius 1 is 1.07 bits per heavy atom. The smallest absolute Gasteiger partial charge is 0.226 e. The van der Waals surface area contributed by atoms with E-state index in [1.54, 1.807) is 12.1 Å². The predicted molar refractivity (Wildman–Crippen MR) is 103 cm³/mol. The van der Waals surface area contributed by atoms with E-state index < -0.39 is 0 Å². The molecule has 0 saturated carbocycles. The van der Waals surface area contributed by atoms with Crippen molar-refractivity contribution in [1.29, 1.82) is 0 Å². The van der Waals surface area contributed by atoms with Crippen LogP contribution in [0, 0.1) is 17.7 Å². The number of piperidine rings is 1. The average Bonchev–Trinajstić information content (AvgIpc) is 2.72. The molecule has 5 heteroatoms. The fraction of sp³-hybridized carbons (Fsp3) is 0.545. The van der Waals surface area contributed by atoms with E-state index in [9.17, 15) is 14.0 Å². The molecule has 1 aliphatic carbocycles. The highest BCUT2D eigenvalue weighted by atomic mass is 19.1. The normalized spacial score (nSPS) is 20.5. The predicted octanol–water partition coefficient (Wildman–Crippen LogP) is 3.82. The minimum Gasteiger partial charge on any atom is -0.352 e. The highest BCUT2D eigenvalue weighted by molar-refractivity contribution is 5.79. The maximum atomic E-state index is 12.9. The van der Waals surface area contributed by atoms with E-state index in [1.165, 1.54) is 12.1 Å². The van der Waals surface area contributed by atoms with Crippen LogP contribution in [0.2, 0.25) is 0 Å². The lowest BCUT2D eigenvalue weighted by Gasteiger charge is -2.34. The van der Waals surface area contributed by atoms with E-state index >= 15 is 0 Å². The summed E-state index contributed by atoms with van der Waals surface area (Å²) in [6.45, 7) is 2.07. The second kappa shape index (κ2) is 9.67. The molecule has 1 fully saturated rings. The minimum atomic E-state index is -0.269. The topological polar surface area (TPSA) is 49.4 Å². The largest absolute Gasteiger partial charge is 0.352 e. The quantitative estimate of drug-likeness (QED) is 0.772. The van der Waals surface area contributed by atoms with Gasteiger partial charge in [0, 0.05) is 32.0 Å². The first kappa shape index (κ1) is 19.6. The summed E-state index contributed by atoms with van der Waals surface area (Å²) >= 11 is 0. The lowest BCUT2D eigenvalue weighted by atomic mass is 9.89. The molecule has 1 aromatic rings. The van der Waals surface area contributed by atoms with Crippen LogP contribution in [0.5, 0.6) is 0 Å². The molecule has 0 aromatic heterocycles. The van der Waals surface area contributed by atoms with E-state index in [0.717, 1.165) is 57.2 Å². The van der Waals surface area contributed by atoms with Crippen LogP contribution in [0.4, 0.5) is 4.39 Å². The molecule has 1 aromatic carbocycles. The minimum absolute atomic E-state index is 0.0341. The van der Waals surface area contributed by atoms with Crippen molar-refractivity contribution < 1.29 is 14.0 Å². The van der Waals surface area contributed by atoms with E-state index in [4.69, 9.17) is 0 Å². The number of allylic oxidation sites excluding steroid dienone is 2. The second-order valence-corrected chi connectivity index (χ2v) is 7.69. The zero-order valence-corrected chi connectivity index (χ0v) is 15.8. The van der Waals surface area contributed by atoms with E-state index in [2.05, 4.69) is 17.5 Å². The van der Waals surface area contributed by atoms with Gasteiger partial charge in [-0.25, -0.2) is 4.39 Å². The van der Waals surface area contributed by atoms with Crippen molar-refractivity contribution in [2.45, 2.75) is 51.5 Å². The van der Waals surface area contributed by atoms with Gasteiger partial charge >= 0.3 is 0 Å². The molecule has 1 aliphatic heterocycles. The van der Waals surface area contributed by atoms with Crippen LogP contribution < -0.4 is 5.32 Å². The Balaban J connectivity index is 1.33. The van der Waals surface area contributed by atoms with Crippen LogP contribution in [-0.4, -0.2) is 29.8 Å². The summed E-state index contributed by atoms with van der Waals surface area (Å²) < 4.78 is 12.9. The number of likely N-dealkylation sites (tertiary alicyclic amines) is 1. The average molecular weight is 372 g/mol. The Labute approximate surface area is 160 Å². The number of halogens is 1. The number of benzene rings is 1. The van der Waals surface area contributed by atoms with E-state index in [1.807, 2.05) is 4.90 Å². The molecule has 1 saturated heterocycles. The molecule has 1 N–H and O–H groups in total. The third kappa shape index (κ3) is 5.91. The van der Waals surface area contributed by atoms with Gasteiger partial charge in [0.05, 0.1) is 0 Å². The summed E-state index contributed by atoms with van der Waals surface area (Å²) in [4.78, 5) is 26.6. The third-order valence-electron chi connectivity index (χ3n) is 5.73.